The molecule has 76 valence electrons. The number of hydrogen-bond donors (Lipinski definition) is 1. The molecule has 0 heterocycles. The van der Waals surface area contributed by atoms with Crippen LogP contribution in [0.2, 0.25) is 0 Å². The van der Waals surface area contributed by atoms with Crippen LogP contribution in [-0.4, -0.2) is 11.7 Å². The van der Waals surface area contributed by atoms with Crippen LogP contribution in [-0.2, 0) is 4.79 Å². The first-order valence-corrected chi connectivity index (χ1v) is 5.25. The van der Waals surface area contributed by atoms with E-state index < -0.39 is 0 Å². The van der Waals surface area contributed by atoms with Gasteiger partial charge in [0.1, 0.15) is 5.75 Å². The number of carbonyl (C=O) groups is 1. The van der Waals surface area contributed by atoms with E-state index in [-0.39, 0.29) is 11.9 Å². The average Bonchev–Trinajstić information content (AvgIpc) is 2.19. The molecule has 1 unspecified atom stereocenters. The Hall–Kier alpha value is -0.960. The van der Waals surface area contributed by atoms with Crippen LogP contribution in [0.4, 0.5) is 0 Å². The summed E-state index contributed by atoms with van der Waals surface area (Å²) in [5, 5.41) is 0. The molecule has 0 N–H and O–H groups in total. The Morgan fingerprint density at radius 2 is 2.07 bits per heavy atom. The lowest BCUT2D eigenvalue weighted by Gasteiger charge is -2.09. The zero-order valence-corrected chi connectivity index (χ0v) is 9.04. The van der Waals surface area contributed by atoms with E-state index in [9.17, 15) is 4.79 Å². The molecule has 2 nitrogen and oxygen atoms in total. The van der Waals surface area contributed by atoms with Crippen LogP contribution in [0.3, 0.4) is 0 Å². The van der Waals surface area contributed by atoms with Crippen molar-refractivity contribution in [2.45, 2.75) is 13.3 Å². The van der Waals surface area contributed by atoms with E-state index >= 15 is 0 Å². The van der Waals surface area contributed by atoms with Gasteiger partial charge in [0.15, 0.2) is 0 Å². The molecule has 0 fully saturated rings. The number of thiol groups is 1. The molecule has 1 aromatic carbocycles. The monoisotopic (exact) mass is 210 g/mol. The van der Waals surface area contributed by atoms with E-state index in [1.165, 1.54) is 0 Å². The van der Waals surface area contributed by atoms with Crippen molar-refractivity contribution >= 4 is 18.6 Å². The second-order valence-electron chi connectivity index (χ2n) is 3.15. The molecule has 1 atom stereocenters. The summed E-state index contributed by atoms with van der Waals surface area (Å²) in [5.41, 5.74) is 0. The molecule has 0 aliphatic heterocycles. The van der Waals surface area contributed by atoms with Gasteiger partial charge in [0.05, 0.1) is 5.92 Å². The predicted molar refractivity (Wildman–Crippen MR) is 59.7 cm³/mol. The number of benzene rings is 1. The van der Waals surface area contributed by atoms with Gasteiger partial charge in [-0.15, -0.1) is 0 Å². The van der Waals surface area contributed by atoms with Gasteiger partial charge in [-0.2, -0.15) is 12.6 Å². The van der Waals surface area contributed by atoms with Crippen molar-refractivity contribution < 1.29 is 9.53 Å². The van der Waals surface area contributed by atoms with Crippen LogP contribution in [0, 0.1) is 5.92 Å². The maximum absolute atomic E-state index is 11.4. The summed E-state index contributed by atoms with van der Waals surface area (Å²) in [5.74, 6) is 1.02. The minimum Gasteiger partial charge on any atom is -0.426 e. The first-order chi connectivity index (χ1) is 6.74. The van der Waals surface area contributed by atoms with Crippen LogP contribution in [0.1, 0.15) is 13.3 Å². The summed E-state index contributed by atoms with van der Waals surface area (Å²) in [7, 11) is 0. The van der Waals surface area contributed by atoms with Crippen molar-refractivity contribution in [2.24, 2.45) is 5.92 Å². The van der Waals surface area contributed by atoms with Crippen LogP contribution < -0.4 is 4.74 Å². The molecule has 0 saturated heterocycles. The van der Waals surface area contributed by atoms with E-state index in [0.29, 0.717) is 11.5 Å². The highest BCUT2D eigenvalue weighted by Gasteiger charge is 2.13. The molecule has 14 heavy (non-hydrogen) atoms. The quantitative estimate of drug-likeness (QED) is 0.469. The second kappa shape index (κ2) is 5.70. The number of carbonyl (C=O) groups excluding carboxylic acids is 1. The van der Waals surface area contributed by atoms with Crippen molar-refractivity contribution in [3.63, 3.8) is 0 Å². The van der Waals surface area contributed by atoms with Gasteiger partial charge in [-0.05, 0) is 24.3 Å². The van der Waals surface area contributed by atoms with Crippen molar-refractivity contribution in [3.8, 4) is 5.75 Å². The van der Waals surface area contributed by atoms with Crippen molar-refractivity contribution in [3.05, 3.63) is 30.3 Å². The summed E-state index contributed by atoms with van der Waals surface area (Å²) in [6, 6.07) is 9.10. The van der Waals surface area contributed by atoms with Gasteiger partial charge in [0.25, 0.3) is 0 Å². The zero-order chi connectivity index (χ0) is 10.4. The van der Waals surface area contributed by atoms with Gasteiger partial charge in [0.2, 0.25) is 0 Å². The van der Waals surface area contributed by atoms with Gasteiger partial charge in [-0.25, -0.2) is 0 Å². The van der Waals surface area contributed by atoms with E-state index in [1.807, 2.05) is 25.1 Å². The Morgan fingerprint density at radius 3 is 2.64 bits per heavy atom. The Labute approximate surface area is 89.7 Å². The van der Waals surface area contributed by atoms with Crippen LogP contribution in [0.5, 0.6) is 5.75 Å². The number of hydrogen-bond acceptors (Lipinski definition) is 3. The molecular formula is C11H14O2S. The molecule has 0 radical (unpaired) electrons. The third kappa shape index (κ3) is 3.42. The zero-order valence-electron chi connectivity index (χ0n) is 8.14. The summed E-state index contributed by atoms with van der Waals surface area (Å²) in [4.78, 5) is 11.4. The minimum atomic E-state index is -0.190. The highest BCUT2D eigenvalue weighted by molar-refractivity contribution is 7.80. The molecule has 0 bridgehead atoms. The van der Waals surface area contributed by atoms with Crippen LogP contribution in [0.25, 0.3) is 0 Å². The smallest absolute Gasteiger partial charge is 0.314 e. The third-order valence-corrected chi connectivity index (χ3v) is 2.18. The minimum absolute atomic E-state index is 0.0901. The molecule has 0 aliphatic rings. The maximum atomic E-state index is 11.4. The molecule has 3 heteroatoms. The highest BCUT2D eigenvalue weighted by Crippen LogP contribution is 2.12. The first kappa shape index (κ1) is 11.1. The second-order valence-corrected chi connectivity index (χ2v) is 3.59. The fraction of sp³-hybridized carbons (Fsp3) is 0.364. The first-order valence-electron chi connectivity index (χ1n) is 4.61. The molecular weight excluding hydrogens is 196 g/mol. The SMILES string of the molecule is CC(CCS)C(=O)Oc1ccccc1. The van der Waals surface area contributed by atoms with Crippen molar-refractivity contribution in [2.75, 3.05) is 5.75 Å². The molecule has 1 aromatic rings. The lowest BCUT2D eigenvalue weighted by atomic mass is 10.1. The Kier molecular flexibility index (Phi) is 4.53. The Balaban J connectivity index is 2.49. The number of esters is 1. The summed E-state index contributed by atoms with van der Waals surface area (Å²) >= 11 is 4.07. The number of ether oxygens (including phenoxy) is 1. The lowest BCUT2D eigenvalue weighted by Crippen LogP contribution is -2.18. The summed E-state index contributed by atoms with van der Waals surface area (Å²) in [6.45, 7) is 1.85. The van der Waals surface area contributed by atoms with Crippen LogP contribution >= 0.6 is 12.6 Å². The van der Waals surface area contributed by atoms with E-state index in [2.05, 4.69) is 12.6 Å². The lowest BCUT2D eigenvalue weighted by molar-refractivity contribution is -0.138. The van der Waals surface area contributed by atoms with Gasteiger partial charge >= 0.3 is 5.97 Å². The average molecular weight is 210 g/mol. The van der Waals surface area contributed by atoms with Gasteiger partial charge in [0, 0.05) is 0 Å². The Bertz CT molecular complexity index is 285. The number of rotatable bonds is 4. The van der Waals surface area contributed by atoms with Crippen molar-refractivity contribution in [1.82, 2.24) is 0 Å². The highest BCUT2D eigenvalue weighted by atomic mass is 32.1. The standard InChI is InChI=1S/C11H14O2S/c1-9(7-8-14)11(12)13-10-5-3-2-4-6-10/h2-6,9,14H,7-8H2,1H3. The predicted octanol–water partition coefficient (Wildman–Crippen LogP) is 2.55. The van der Waals surface area contributed by atoms with E-state index in [4.69, 9.17) is 4.74 Å². The largest absolute Gasteiger partial charge is 0.426 e. The fourth-order valence-corrected chi connectivity index (χ4v) is 1.40. The van der Waals surface area contributed by atoms with Gasteiger partial charge in [-0.3, -0.25) is 4.79 Å². The van der Waals surface area contributed by atoms with Crippen molar-refractivity contribution in [1.29, 1.82) is 0 Å². The van der Waals surface area contributed by atoms with E-state index in [0.717, 1.165) is 6.42 Å². The van der Waals surface area contributed by atoms with E-state index in [1.54, 1.807) is 12.1 Å². The van der Waals surface area contributed by atoms with Crippen LogP contribution in [0.15, 0.2) is 30.3 Å². The molecule has 0 saturated carbocycles. The normalized spacial score (nSPS) is 12.1. The van der Waals surface area contributed by atoms with Gasteiger partial charge < -0.3 is 4.74 Å². The summed E-state index contributed by atoms with van der Waals surface area (Å²) in [6.07, 6.45) is 0.745. The molecule has 0 aromatic heterocycles. The summed E-state index contributed by atoms with van der Waals surface area (Å²) < 4.78 is 5.16. The molecule has 0 amide bonds. The molecule has 0 aliphatic carbocycles. The number of para-hydroxylation sites is 1. The van der Waals surface area contributed by atoms with Gasteiger partial charge in [-0.1, -0.05) is 25.1 Å². The fourth-order valence-electron chi connectivity index (χ4n) is 1.02. The molecule has 1 rings (SSSR count). The topological polar surface area (TPSA) is 26.3 Å². The molecule has 0 spiro atoms. The maximum Gasteiger partial charge on any atom is 0.314 e. The third-order valence-electron chi connectivity index (χ3n) is 1.93. The Morgan fingerprint density at radius 1 is 1.43 bits per heavy atom.